The monoisotopic (exact) mass is 418 g/mol. The normalized spacial score (nSPS) is 18.2. The van der Waals surface area contributed by atoms with E-state index in [1.54, 1.807) is 10.5 Å². The minimum atomic E-state index is -3.41. The number of aryl methyl sites for hydroxylation is 2. The summed E-state index contributed by atoms with van der Waals surface area (Å²) in [6, 6.07) is 5.83. The lowest BCUT2D eigenvalue weighted by molar-refractivity contribution is 0.285. The predicted molar refractivity (Wildman–Crippen MR) is 114 cm³/mol. The summed E-state index contributed by atoms with van der Waals surface area (Å²) >= 11 is 0. The summed E-state index contributed by atoms with van der Waals surface area (Å²) in [6.45, 7) is 9.62. The average molecular weight is 419 g/mol. The molecule has 2 aromatic rings. The molecule has 1 unspecified atom stereocenters. The van der Waals surface area contributed by atoms with Crippen molar-refractivity contribution in [2.75, 3.05) is 31.5 Å². The predicted octanol–water partition coefficient (Wildman–Crippen LogP) is 3.00. The summed E-state index contributed by atoms with van der Waals surface area (Å²) < 4.78 is 28.8. The van der Waals surface area contributed by atoms with Crippen LogP contribution in [0.4, 0.5) is 11.6 Å². The molecule has 9 heteroatoms. The lowest BCUT2D eigenvalue weighted by atomic mass is 9.95. The molecule has 2 aromatic heterocycles. The van der Waals surface area contributed by atoms with Crippen molar-refractivity contribution in [2.45, 2.75) is 46.5 Å². The molecule has 0 radical (unpaired) electrons. The van der Waals surface area contributed by atoms with E-state index in [1.165, 1.54) is 4.31 Å². The molecular weight excluding hydrogens is 388 g/mol. The zero-order valence-electron chi connectivity index (χ0n) is 17.6. The van der Waals surface area contributed by atoms with E-state index in [-0.39, 0.29) is 5.92 Å². The van der Waals surface area contributed by atoms with E-state index >= 15 is 0 Å². The standard InChI is InChI=1S/C20H30N6O2S/c1-5-25(6-2)29(27,28)26-11-7-8-17(14-26)19-10-9-18(13-21-19)24-20-22-15(3)12-16(4)23-20/h9-10,12-13,17H,5-8,11,14H2,1-4H3,(H,22,23,24). The summed E-state index contributed by atoms with van der Waals surface area (Å²) in [7, 11) is -3.41. The molecule has 1 aliphatic rings. The Balaban J connectivity index is 1.71. The molecule has 1 aliphatic heterocycles. The number of nitrogens with one attached hydrogen (secondary N) is 1. The van der Waals surface area contributed by atoms with E-state index in [0.717, 1.165) is 35.6 Å². The molecule has 8 nitrogen and oxygen atoms in total. The van der Waals surface area contributed by atoms with Gasteiger partial charge in [0.1, 0.15) is 0 Å². The van der Waals surface area contributed by atoms with Gasteiger partial charge in [-0.1, -0.05) is 13.8 Å². The molecule has 3 rings (SSSR count). The maximum absolute atomic E-state index is 12.8. The van der Waals surface area contributed by atoms with Gasteiger partial charge in [-0.3, -0.25) is 4.98 Å². The molecule has 29 heavy (non-hydrogen) atoms. The molecule has 1 atom stereocenters. The summed E-state index contributed by atoms with van der Waals surface area (Å²) in [6.07, 6.45) is 3.53. The first-order chi connectivity index (χ1) is 13.8. The van der Waals surface area contributed by atoms with Crippen LogP contribution in [0.1, 0.15) is 49.7 Å². The van der Waals surface area contributed by atoms with Gasteiger partial charge in [-0.2, -0.15) is 17.0 Å². The molecule has 0 aliphatic carbocycles. The summed E-state index contributed by atoms with van der Waals surface area (Å²) in [4.78, 5) is 13.4. The highest BCUT2D eigenvalue weighted by molar-refractivity contribution is 7.86. The van der Waals surface area contributed by atoms with Crippen molar-refractivity contribution in [3.63, 3.8) is 0 Å². The quantitative estimate of drug-likeness (QED) is 0.743. The Labute approximate surface area is 173 Å². The molecule has 1 fully saturated rings. The van der Waals surface area contributed by atoms with Crippen molar-refractivity contribution in [1.82, 2.24) is 23.6 Å². The van der Waals surface area contributed by atoms with Crippen LogP contribution in [-0.2, 0) is 10.2 Å². The van der Waals surface area contributed by atoms with Crippen LogP contribution >= 0.6 is 0 Å². The number of aromatic nitrogens is 3. The Kier molecular flexibility index (Phi) is 6.81. The van der Waals surface area contributed by atoms with Crippen LogP contribution in [0.2, 0.25) is 0 Å². The van der Waals surface area contributed by atoms with Gasteiger partial charge in [0, 0.05) is 49.2 Å². The fourth-order valence-electron chi connectivity index (χ4n) is 3.74. The number of piperidine rings is 1. The minimum absolute atomic E-state index is 0.0978. The molecule has 1 N–H and O–H groups in total. The Morgan fingerprint density at radius 2 is 1.86 bits per heavy atom. The molecule has 1 saturated heterocycles. The van der Waals surface area contributed by atoms with Crippen molar-refractivity contribution in [3.05, 3.63) is 41.5 Å². The first-order valence-electron chi connectivity index (χ1n) is 10.1. The van der Waals surface area contributed by atoms with E-state index < -0.39 is 10.2 Å². The van der Waals surface area contributed by atoms with Gasteiger partial charge in [0.05, 0.1) is 11.9 Å². The van der Waals surface area contributed by atoms with Gasteiger partial charge in [0.25, 0.3) is 10.2 Å². The van der Waals surface area contributed by atoms with E-state index in [4.69, 9.17) is 0 Å². The van der Waals surface area contributed by atoms with Crippen LogP contribution in [-0.4, -0.2) is 58.2 Å². The Morgan fingerprint density at radius 3 is 2.45 bits per heavy atom. The summed E-state index contributed by atoms with van der Waals surface area (Å²) in [5.74, 6) is 0.645. The highest BCUT2D eigenvalue weighted by Crippen LogP contribution is 2.28. The lowest BCUT2D eigenvalue weighted by Gasteiger charge is -2.34. The third-order valence-corrected chi connectivity index (χ3v) is 7.34. The maximum atomic E-state index is 12.8. The molecule has 0 amide bonds. The number of hydrogen-bond acceptors (Lipinski definition) is 6. The SMILES string of the molecule is CCN(CC)S(=O)(=O)N1CCCC(c2ccc(Nc3nc(C)cc(C)n3)cn2)C1. The number of anilines is 2. The molecule has 0 aromatic carbocycles. The van der Waals surface area contributed by atoms with Crippen molar-refractivity contribution in [1.29, 1.82) is 0 Å². The second-order valence-corrected chi connectivity index (χ2v) is 9.29. The van der Waals surface area contributed by atoms with Gasteiger partial charge in [0.15, 0.2) is 0 Å². The highest BCUT2D eigenvalue weighted by Gasteiger charge is 2.33. The van der Waals surface area contributed by atoms with Gasteiger partial charge in [-0.15, -0.1) is 0 Å². The number of pyridine rings is 1. The Morgan fingerprint density at radius 1 is 1.17 bits per heavy atom. The average Bonchev–Trinajstić information content (AvgIpc) is 2.68. The largest absolute Gasteiger partial charge is 0.323 e. The van der Waals surface area contributed by atoms with Crippen molar-refractivity contribution < 1.29 is 8.42 Å². The maximum Gasteiger partial charge on any atom is 0.281 e. The summed E-state index contributed by atoms with van der Waals surface area (Å²) in [5.41, 5.74) is 3.53. The highest BCUT2D eigenvalue weighted by atomic mass is 32.2. The molecule has 0 spiro atoms. The third kappa shape index (κ3) is 5.09. The van der Waals surface area contributed by atoms with Gasteiger partial charge >= 0.3 is 0 Å². The number of nitrogens with zero attached hydrogens (tertiary/aromatic N) is 5. The minimum Gasteiger partial charge on any atom is -0.323 e. The first kappa shape index (κ1) is 21.6. The zero-order chi connectivity index (χ0) is 21.0. The van der Waals surface area contributed by atoms with Crippen LogP contribution in [0.3, 0.4) is 0 Å². The van der Waals surface area contributed by atoms with Crippen LogP contribution < -0.4 is 5.32 Å². The van der Waals surface area contributed by atoms with Gasteiger partial charge in [-0.25, -0.2) is 9.97 Å². The number of rotatable bonds is 7. The van der Waals surface area contributed by atoms with Gasteiger partial charge in [-0.05, 0) is 44.9 Å². The van der Waals surface area contributed by atoms with Gasteiger partial charge in [0.2, 0.25) is 5.95 Å². The van der Waals surface area contributed by atoms with E-state index in [0.29, 0.717) is 32.1 Å². The third-order valence-electron chi connectivity index (χ3n) is 5.19. The van der Waals surface area contributed by atoms with E-state index in [9.17, 15) is 8.42 Å². The smallest absolute Gasteiger partial charge is 0.281 e. The fraction of sp³-hybridized carbons (Fsp3) is 0.550. The van der Waals surface area contributed by atoms with E-state index in [1.807, 2.05) is 45.9 Å². The van der Waals surface area contributed by atoms with Crippen LogP contribution in [0.5, 0.6) is 0 Å². The van der Waals surface area contributed by atoms with Crippen LogP contribution in [0.25, 0.3) is 0 Å². The topological polar surface area (TPSA) is 91.3 Å². The second-order valence-electron chi connectivity index (χ2n) is 7.36. The van der Waals surface area contributed by atoms with Crippen molar-refractivity contribution >= 4 is 21.8 Å². The Hall–Kier alpha value is -2.10. The number of hydrogen-bond donors (Lipinski definition) is 1. The molecule has 3 heterocycles. The van der Waals surface area contributed by atoms with Crippen molar-refractivity contribution in [3.8, 4) is 0 Å². The van der Waals surface area contributed by atoms with Crippen molar-refractivity contribution in [2.24, 2.45) is 0 Å². The Bertz CT molecular complexity index is 908. The molecular formula is C20H30N6O2S. The molecule has 0 bridgehead atoms. The molecule has 0 saturated carbocycles. The summed E-state index contributed by atoms with van der Waals surface area (Å²) in [5, 5.41) is 3.18. The van der Waals surface area contributed by atoms with E-state index in [2.05, 4.69) is 20.3 Å². The van der Waals surface area contributed by atoms with Crippen LogP contribution in [0.15, 0.2) is 24.4 Å². The second kappa shape index (κ2) is 9.15. The first-order valence-corrected chi connectivity index (χ1v) is 11.5. The molecule has 158 valence electrons. The zero-order valence-corrected chi connectivity index (χ0v) is 18.4. The lowest BCUT2D eigenvalue weighted by Crippen LogP contribution is -2.47. The van der Waals surface area contributed by atoms with Gasteiger partial charge < -0.3 is 5.32 Å². The van der Waals surface area contributed by atoms with Crippen LogP contribution in [0, 0.1) is 13.8 Å². The fourth-order valence-corrected chi connectivity index (χ4v) is 5.45.